The third-order valence-corrected chi connectivity index (χ3v) is 4.13. The Hall–Kier alpha value is -2.45. The smallest absolute Gasteiger partial charge is 0.150 e. The van der Waals surface area contributed by atoms with Crippen LogP contribution in [0.25, 0.3) is 11.6 Å². The average molecular weight is 290 g/mol. The van der Waals surface area contributed by atoms with Gasteiger partial charge in [0, 0.05) is 10.4 Å². The Balaban J connectivity index is 2.11. The van der Waals surface area contributed by atoms with Gasteiger partial charge in [-0.1, -0.05) is 54.6 Å². The van der Waals surface area contributed by atoms with E-state index in [1.807, 2.05) is 42.5 Å². The summed E-state index contributed by atoms with van der Waals surface area (Å²) in [6.07, 6.45) is 3.01. The van der Waals surface area contributed by atoms with Gasteiger partial charge in [0.25, 0.3) is 0 Å². The highest BCUT2D eigenvalue weighted by Gasteiger charge is 2.06. The van der Waals surface area contributed by atoms with Crippen LogP contribution in [0, 0.1) is 0 Å². The molecule has 0 atom stereocenters. The fourth-order valence-corrected chi connectivity index (χ4v) is 3.00. The summed E-state index contributed by atoms with van der Waals surface area (Å²) in [6.45, 7) is 0. The van der Waals surface area contributed by atoms with Crippen molar-refractivity contribution in [1.82, 2.24) is 0 Å². The predicted molar refractivity (Wildman–Crippen MR) is 89.6 cm³/mol. The third-order valence-electron chi connectivity index (χ3n) is 3.23. The molecular formula is C19H14OS. The summed E-state index contributed by atoms with van der Waals surface area (Å²) in [5.41, 5.74) is 4.08. The third kappa shape index (κ3) is 3.18. The van der Waals surface area contributed by atoms with Gasteiger partial charge in [0.2, 0.25) is 0 Å². The second-order valence-corrected chi connectivity index (χ2v) is 5.64. The van der Waals surface area contributed by atoms with Crippen LogP contribution in [0.3, 0.4) is 0 Å². The molecule has 0 saturated heterocycles. The first kappa shape index (κ1) is 13.5. The van der Waals surface area contributed by atoms with Gasteiger partial charge >= 0.3 is 0 Å². The van der Waals surface area contributed by atoms with Crippen molar-refractivity contribution in [3.63, 3.8) is 0 Å². The van der Waals surface area contributed by atoms with Gasteiger partial charge in [-0.2, -0.15) is 0 Å². The standard InChI is InChI=1S/C19H14OS/c20-14-16-7-4-6-15(12-16)13-18(19-10-5-11-21-19)17-8-2-1-3-9-17/h1-14H/b18-13+. The van der Waals surface area contributed by atoms with E-state index in [0.717, 1.165) is 11.8 Å². The highest BCUT2D eigenvalue weighted by atomic mass is 32.1. The van der Waals surface area contributed by atoms with E-state index in [9.17, 15) is 4.79 Å². The molecule has 21 heavy (non-hydrogen) atoms. The summed E-state index contributed by atoms with van der Waals surface area (Å²) < 4.78 is 0. The van der Waals surface area contributed by atoms with Crippen LogP contribution in [-0.4, -0.2) is 6.29 Å². The van der Waals surface area contributed by atoms with Gasteiger partial charge in [0.1, 0.15) is 6.29 Å². The lowest BCUT2D eigenvalue weighted by molar-refractivity contribution is 0.112. The van der Waals surface area contributed by atoms with E-state index < -0.39 is 0 Å². The van der Waals surface area contributed by atoms with Crippen LogP contribution in [0.2, 0.25) is 0 Å². The molecule has 0 radical (unpaired) electrons. The minimum absolute atomic E-state index is 0.697. The SMILES string of the molecule is O=Cc1cccc(/C=C(\c2ccccc2)c2cccs2)c1. The first-order valence-corrected chi connectivity index (χ1v) is 7.61. The molecule has 1 heterocycles. The molecule has 0 spiro atoms. The minimum Gasteiger partial charge on any atom is -0.298 e. The van der Waals surface area contributed by atoms with E-state index in [2.05, 4.69) is 35.7 Å². The van der Waals surface area contributed by atoms with Crippen LogP contribution in [0.4, 0.5) is 0 Å². The van der Waals surface area contributed by atoms with Crippen molar-refractivity contribution in [2.45, 2.75) is 0 Å². The number of carbonyl (C=O) groups excluding carboxylic acids is 1. The molecule has 0 saturated carbocycles. The monoisotopic (exact) mass is 290 g/mol. The van der Waals surface area contributed by atoms with Crippen molar-refractivity contribution >= 4 is 29.3 Å². The van der Waals surface area contributed by atoms with Gasteiger partial charge in [0.15, 0.2) is 0 Å². The van der Waals surface area contributed by atoms with Gasteiger partial charge in [-0.05, 0) is 40.3 Å². The zero-order chi connectivity index (χ0) is 14.5. The van der Waals surface area contributed by atoms with E-state index in [1.54, 1.807) is 11.3 Å². The van der Waals surface area contributed by atoms with Crippen molar-refractivity contribution in [2.75, 3.05) is 0 Å². The molecule has 0 unspecified atom stereocenters. The highest BCUT2D eigenvalue weighted by molar-refractivity contribution is 7.11. The molecule has 2 heteroatoms. The lowest BCUT2D eigenvalue weighted by atomic mass is 10.0. The average Bonchev–Trinajstić information content (AvgIpc) is 3.08. The summed E-state index contributed by atoms with van der Waals surface area (Å²) >= 11 is 1.72. The Labute approximate surface area is 128 Å². The number of hydrogen-bond acceptors (Lipinski definition) is 2. The maximum Gasteiger partial charge on any atom is 0.150 e. The normalized spacial score (nSPS) is 11.3. The number of benzene rings is 2. The zero-order valence-corrected chi connectivity index (χ0v) is 12.2. The van der Waals surface area contributed by atoms with E-state index in [-0.39, 0.29) is 0 Å². The molecule has 0 amide bonds. The molecule has 1 aromatic heterocycles. The summed E-state index contributed by atoms with van der Waals surface area (Å²) in [4.78, 5) is 12.1. The van der Waals surface area contributed by atoms with Gasteiger partial charge in [0.05, 0.1) is 0 Å². The predicted octanol–water partition coefficient (Wildman–Crippen LogP) is 5.15. The van der Waals surface area contributed by atoms with Crippen LogP contribution in [0.1, 0.15) is 26.4 Å². The number of hydrogen-bond donors (Lipinski definition) is 0. The van der Waals surface area contributed by atoms with Gasteiger partial charge in [-0.3, -0.25) is 4.79 Å². The Morgan fingerprint density at radius 2 is 1.67 bits per heavy atom. The molecule has 0 aliphatic carbocycles. The molecule has 3 rings (SSSR count). The van der Waals surface area contributed by atoms with Crippen molar-refractivity contribution in [3.8, 4) is 0 Å². The minimum atomic E-state index is 0.697. The fourth-order valence-electron chi connectivity index (χ4n) is 2.24. The maximum absolute atomic E-state index is 10.9. The maximum atomic E-state index is 10.9. The van der Waals surface area contributed by atoms with Crippen LogP contribution in [0.15, 0.2) is 72.1 Å². The van der Waals surface area contributed by atoms with Crippen LogP contribution >= 0.6 is 11.3 Å². The molecule has 102 valence electrons. The second-order valence-electron chi connectivity index (χ2n) is 4.69. The largest absolute Gasteiger partial charge is 0.298 e. The van der Waals surface area contributed by atoms with E-state index >= 15 is 0 Å². The number of aldehydes is 1. The summed E-state index contributed by atoms with van der Waals surface area (Å²) in [7, 11) is 0. The molecule has 0 bridgehead atoms. The van der Waals surface area contributed by atoms with Crippen molar-refractivity contribution in [2.24, 2.45) is 0 Å². The molecule has 3 aromatic rings. The van der Waals surface area contributed by atoms with Crippen LogP contribution in [-0.2, 0) is 0 Å². The topological polar surface area (TPSA) is 17.1 Å². The van der Waals surface area contributed by atoms with E-state index in [1.165, 1.54) is 16.0 Å². The quantitative estimate of drug-likeness (QED) is 0.480. The van der Waals surface area contributed by atoms with Gasteiger partial charge in [-0.25, -0.2) is 0 Å². The zero-order valence-electron chi connectivity index (χ0n) is 11.4. The summed E-state index contributed by atoms with van der Waals surface area (Å²) in [6, 6.07) is 22.1. The van der Waals surface area contributed by atoms with Crippen LogP contribution in [0.5, 0.6) is 0 Å². The molecule has 0 aliphatic rings. The molecule has 2 aromatic carbocycles. The molecular weight excluding hydrogens is 276 g/mol. The lowest BCUT2D eigenvalue weighted by Gasteiger charge is -2.06. The Morgan fingerprint density at radius 3 is 2.38 bits per heavy atom. The lowest BCUT2D eigenvalue weighted by Crippen LogP contribution is -1.86. The van der Waals surface area contributed by atoms with E-state index in [0.29, 0.717) is 5.56 Å². The second kappa shape index (κ2) is 6.33. The molecule has 0 N–H and O–H groups in total. The number of thiophene rings is 1. The molecule has 1 nitrogen and oxygen atoms in total. The molecule has 0 fully saturated rings. The van der Waals surface area contributed by atoms with Crippen molar-refractivity contribution in [1.29, 1.82) is 0 Å². The van der Waals surface area contributed by atoms with E-state index in [4.69, 9.17) is 0 Å². The fraction of sp³-hybridized carbons (Fsp3) is 0. The number of carbonyl (C=O) groups is 1. The van der Waals surface area contributed by atoms with Crippen molar-refractivity contribution in [3.05, 3.63) is 93.7 Å². The van der Waals surface area contributed by atoms with Gasteiger partial charge < -0.3 is 0 Å². The first-order valence-electron chi connectivity index (χ1n) is 6.73. The van der Waals surface area contributed by atoms with Crippen molar-refractivity contribution < 1.29 is 4.79 Å². The summed E-state index contributed by atoms with van der Waals surface area (Å²) in [5.74, 6) is 0. The van der Waals surface area contributed by atoms with Gasteiger partial charge in [-0.15, -0.1) is 11.3 Å². The molecule has 0 aliphatic heterocycles. The van der Waals surface area contributed by atoms with Crippen LogP contribution < -0.4 is 0 Å². The Morgan fingerprint density at radius 1 is 0.857 bits per heavy atom. The highest BCUT2D eigenvalue weighted by Crippen LogP contribution is 2.29. The Kier molecular flexibility index (Phi) is 4.08. The first-order chi connectivity index (χ1) is 10.4. The Bertz CT molecular complexity index is 755. The number of rotatable bonds is 4. The summed E-state index contributed by atoms with van der Waals surface area (Å²) in [5, 5.41) is 2.08.